The quantitative estimate of drug-likeness (QED) is 0.624. The average Bonchev–Trinajstić information content (AvgIpc) is 3.50. The largest absolute Gasteiger partial charge is 0.354 e. The summed E-state index contributed by atoms with van der Waals surface area (Å²) in [4.78, 5) is 33.3. The van der Waals surface area contributed by atoms with Crippen molar-refractivity contribution in [1.29, 1.82) is 0 Å². The van der Waals surface area contributed by atoms with E-state index in [0.717, 1.165) is 50.3 Å². The molecule has 3 heterocycles. The predicted molar refractivity (Wildman–Crippen MR) is 129 cm³/mol. The molecule has 2 fully saturated rings. The van der Waals surface area contributed by atoms with Crippen molar-refractivity contribution in [3.8, 4) is 0 Å². The number of hydrogen-bond donors (Lipinski definition) is 1. The minimum Gasteiger partial charge on any atom is -0.354 e. The van der Waals surface area contributed by atoms with Gasteiger partial charge in [0.15, 0.2) is 0 Å². The third kappa shape index (κ3) is 5.77. The van der Waals surface area contributed by atoms with Gasteiger partial charge in [0.25, 0.3) is 0 Å². The lowest BCUT2D eigenvalue weighted by Crippen LogP contribution is -2.48. The molecule has 6 nitrogen and oxygen atoms in total. The van der Waals surface area contributed by atoms with Gasteiger partial charge >= 0.3 is 0 Å². The highest BCUT2D eigenvalue weighted by Gasteiger charge is 2.34. The highest BCUT2D eigenvalue weighted by Crippen LogP contribution is 2.25. The van der Waals surface area contributed by atoms with Crippen molar-refractivity contribution in [2.24, 2.45) is 0 Å². The van der Waals surface area contributed by atoms with Crippen LogP contribution in [0.15, 0.2) is 47.8 Å². The number of carbonyl (C=O) groups excluding carboxylic acids is 2. The lowest BCUT2D eigenvalue weighted by Gasteiger charge is -2.40. The first kappa shape index (κ1) is 23.0. The predicted octanol–water partition coefficient (Wildman–Crippen LogP) is 2.78. The Kier molecular flexibility index (Phi) is 7.95. The summed E-state index contributed by atoms with van der Waals surface area (Å²) < 4.78 is 0. The number of rotatable bonds is 8. The van der Waals surface area contributed by atoms with Crippen molar-refractivity contribution in [3.63, 3.8) is 0 Å². The number of piperazine rings is 1. The Hall–Kier alpha value is -2.22. The summed E-state index contributed by atoms with van der Waals surface area (Å²) in [5, 5.41) is 5.09. The molecule has 2 saturated heterocycles. The molecule has 2 unspecified atom stereocenters. The van der Waals surface area contributed by atoms with Crippen LogP contribution in [0.1, 0.15) is 35.7 Å². The molecular formula is C25H34N4O2S. The Bertz CT molecular complexity index is 873. The van der Waals surface area contributed by atoms with Gasteiger partial charge in [-0.1, -0.05) is 36.4 Å². The molecule has 0 radical (unpaired) electrons. The number of thiophene rings is 1. The Morgan fingerprint density at radius 1 is 1.09 bits per heavy atom. The number of carbonyl (C=O) groups is 2. The van der Waals surface area contributed by atoms with Crippen LogP contribution < -0.4 is 5.32 Å². The van der Waals surface area contributed by atoms with E-state index in [2.05, 4.69) is 52.5 Å². The van der Waals surface area contributed by atoms with Gasteiger partial charge in [0.1, 0.15) is 6.04 Å². The lowest BCUT2D eigenvalue weighted by atomic mass is 10.0. The smallest absolute Gasteiger partial charge is 0.242 e. The van der Waals surface area contributed by atoms with Crippen LogP contribution in [0.5, 0.6) is 0 Å². The van der Waals surface area contributed by atoms with Crippen molar-refractivity contribution < 1.29 is 9.59 Å². The molecule has 2 aliphatic heterocycles. The van der Waals surface area contributed by atoms with E-state index >= 15 is 0 Å². The monoisotopic (exact) mass is 454 g/mol. The van der Waals surface area contributed by atoms with Crippen LogP contribution in [0.4, 0.5) is 0 Å². The number of benzene rings is 1. The molecule has 0 bridgehead atoms. The molecule has 2 aromatic rings. The van der Waals surface area contributed by atoms with Gasteiger partial charge in [-0.3, -0.25) is 14.5 Å². The number of nitrogens with one attached hydrogen (secondary N) is 1. The molecule has 172 valence electrons. The fourth-order valence-electron chi connectivity index (χ4n) is 4.83. The SMILES string of the molecule is CN1CCN(CCCNC(=O)C2CCCN2C(=O)Cc2cccs2)C(c2ccccc2)C1. The highest BCUT2D eigenvalue weighted by atomic mass is 32.1. The summed E-state index contributed by atoms with van der Waals surface area (Å²) in [7, 11) is 2.18. The van der Waals surface area contributed by atoms with Gasteiger partial charge < -0.3 is 15.1 Å². The van der Waals surface area contributed by atoms with Gasteiger partial charge in [0.05, 0.1) is 6.42 Å². The molecule has 0 saturated carbocycles. The molecular weight excluding hydrogens is 420 g/mol. The molecule has 2 amide bonds. The zero-order valence-electron chi connectivity index (χ0n) is 18.9. The molecule has 0 spiro atoms. The van der Waals surface area contributed by atoms with Gasteiger partial charge in [-0.2, -0.15) is 0 Å². The number of nitrogens with zero attached hydrogens (tertiary/aromatic N) is 3. The van der Waals surface area contributed by atoms with Gasteiger partial charge in [-0.25, -0.2) is 0 Å². The second-order valence-corrected chi connectivity index (χ2v) is 9.90. The van der Waals surface area contributed by atoms with Crippen molar-refractivity contribution in [3.05, 3.63) is 58.3 Å². The third-order valence-electron chi connectivity index (χ3n) is 6.58. The molecule has 1 N–H and O–H groups in total. The van der Waals surface area contributed by atoms with E-state index in [1.807, 2.05) is 17.5 Å². The summed E-state index contributed by atoms with van der Waals surface area (Å²) in [6.45, 7) is 5.42. The maximum absolute atomic E-state index is 12.8. The molecule has 4 rings (SSSR count). The fourth-order valence-corrected chi connectivity index (χ4v) is 5.53. The first-order chi connectivity index (χ1) is 15.6. The van der Waals surface area contributed by atoms with Gasteiger partial charge in [-0.15, -0.1) is 11.3 Å². The van der Waals surface area contributed by atoms with E-state index in [1.54, 1.807) is 16.2 Å². The van der Waals surface area contributed by atoms with Crippen LogP contribution >= 0.6 is 11.3 Å². The van der Waals surface area contributed by atoms with E-state index in [4.69, 9.17) is 0 Å². The Balaban J connectivity index is 1.24. The Morgan fingerprint density at radius 3 is 2.72 bits per heavy atom. The second kappa shape index (κ2) is 11.1. The van der Waals surface area contributed by atoms with E-state index in [-0.39, 0.29) is 17.9 Å². The Morgan fingerprint density at radius 2 is 1.94 bits per heavy atom. The minimum absolute atomic E-state index is 0.0000152. The molecule has 1 aromatic heterocycles. The number of amides is 2. The van der Waals surface area contributed by atoms with Crippen molar-refractivity contribution in [2.45, 2.75) is 37.8 Å². The fraction of sp³-hybridized carbons (Fsp3) is 0.520. The lowest BCUT2D eigenvalue weighted by molar-refractivity contribution is -0.137. The second-order valence-electron chi connectivity index (χ2n) is 8.87. The van der Waals surface area contributed by atoms with E-state index < -0.39 is 0 Å². The average molecular weight is 455 g/mol. The van der Waals surface area contributed by atoms with E-state index in [1.165, 1.54) is 5.56 Å². The summed E-state index contributed by atoms with van der Waals surface area (Å²) in [5.74, 6) is 0.0632. The van der Waals surface area contributed by atoms with Gasteiger partial charge in [0, 0.05) is 50.2 Å². The van der Waals surface area contributed by atoms with Crippen LogP contribution in [0.3, 0.4) is 0 Å². The van der Waals surface area contributed by atoms with Crippen LogP contribution in [0.25, 0.3) is 0 Å². The van der Waals surface area contributed by atoms with Gasteiger partial charge in [-0.05, 0) is 43.3 Å². The van der Waals surface area contributed by atoms with E-state index in [9.17, 15) is 9.59 Å². The van der Waals surface area contributed by atoms with Gasteiger partial charge in [0.2, 0.25) is 11.8 Å². The molecule has 2 aliphatic rings. The minimum atomic E-state index is -0.317. The first-order valence-corrected chi connectivity index (χ1v) is 12.6. The van der Waals surface area contributed by atoms with E-state index in [0.29, 0.717) is 25.6 Å². The van der Waals surface area contributed by atoms with Crippen molar-refractivity contribution in [2.75, 3.05) is 46.3 Å². The number of hydrogen-bond acceptors (Lipinski definition) is 5. The zero-order valence-corrected chi connectivity index (χ0v) is 19.7. The maximum atomic E-state index is 12.8. The standard InChI is InChI=1S/C25H34N4O2S/c1-27-15-16-28(23(19-27)20-8-3-2-4-9-20)13-7-12-26-25(31)22-11-5-14-29(22)24(30)18-21-10-6-17-32-21/h2-4,6,8-10,17,22-23H,5,7,11-16,18-19H2,1H3,(H,26,31). The molecule has 32 heavy (non-hydrogen) atoms. The first-order valence-electron chi connectivity index (χ1n) is 11.7. The summed E-state index contributed by atoms with van der Waals surface area (Å²) >= 11 is 1.59. The van der Waals surface area contributed by atoms with Crippen molar-refractivity contribution in [1.82, 2.24) is 20.0 Å². The zero-order chi connectivity index (χ0) is 22.3. The van der Waals surface area contributed by atoms with Crippen LogP contribution in [-0.2, 0) is 16.0 Å². The summed E-state index contributed by atoms with van der Waals surface area (Å²) in [6, 6.07) is 14.7. The molecule has 2 atom stereocenters. The molecule has 0 aliphatic carbocycles. The Labute approximate surface area is 195 Å². The molecule has 7 heteroatoms. The number of likely N-dealkylation sites (tertiary alicyclic amines) is 1. The summed E-state index contributed by atoms with van der Waals surface area (Å²) in [5.41, 5.74) is 1.36. The maximum Gasteiger partial charge on any atom is 0.242 e. The molecule has 1 aromatic carbocycles. The normalized spacial score (nSPS) is 22.2. The summed E-state index contributed by atoms with van der Waals surface area (Å²) in [6.07, 6.45) is 2.96. The topological polar surface area (TPSA) is 55.9 Å². The van der Waals surface area contributed by atoms with Crippen LogP contribution in [0, 0.1) is 0 Å². The third-order valence-corrected chi connectivity index (χ3v) is 7.46. The van der Waals surface area contributed by atoms with Crippen molar-refractivity contribution >= 4 is 23.2 Å². The van der Waals surface area contributed by atoms with Crippen LogP contribution in [-0.4, -0.2) is 78.9 Å². The highest BCUT2D eigenvalue weighted by molar-refractivity contribution is 7.10. The van der Waals surface area contributed by atoms with Crippen LogP contribution in [0.2, 0.25) is 0 Å². The number of likely N-dealkylation sites (N-methyl/N-ethyl adjacent to an activating group) is 1.